The summed E-state index contributed by atoms with van der Waals surface area (Å²) in [6, 6.07) is 0. The molecule has 0 fully saturated rings. The monoisotopic (exact) mass is 166 g/mol. The molecule has 0 radical (unpaired) electrons. The highest BCUT2D eigenvalue weighted by molar-refractivity contribution is 4.98. The van der Waals surface area contributed by atoms with Crippen molar-refractivity contribution >= 4 is 0 Å². The van der Waals surface area contributed by atoms with Crippen LogP contribution in [0.5, 0.6) is 0 Å². The van der Waals surface area contributed by atoms with Gasteiger partial charge in [0.05, 0.1) is 0 Å². The molecule has 70 valence electrons. The number of hydrogen-bond acceptors (Lipinski definition) is 0. The summed E-state index contributed by atoms with van der Waals surface area (Å²) in [6.07, 6.45) is 6.75. The molecule has 0 saturated carbocycles. The molecule has 0 aromatic heterocycles. The molecule has 0 bridgehead atoms. The van der Waals surface area contributed by atoms with Crippen LogP contribution in [0.4, 0.5) is 0 Å². The first-order valence-electron chi connectivity index (χ1n) is 4.85. The average molecular weight is 166 g/mol. The van der Waals surface area contributed by atoms with E-state index in [0.29, 0.717) is 5.41 Å². The molecular formula is C12H22. The Morgan fingerprint density at radius 1 is 1.33 bits per heavy atom. The molecule has 0 amide bonds. The largest absolute Gasteiger partial charge is 0.103 e. The molecule has 0 spiro atoms. The molecule has 0 aromatic rings. The van der Waals surface area contributed by atoms with Gasteiger partial charge in [0.25, 0.3) is 0 Å². The zero-order valence-corrected chi connectivity index (χ0v) is 8.82. The van der Waals surface area contributed by atoms with E-state index in [4.69, 9.17) is 0 Å². The van der Waals surface area contributed by atoms with Crippen LogP contribution >= 0.6 is 0 Å². The fourth-order valence-electron chi connectivity index (χ4n) is 1.81. The highest BCUT2D eigenvalue weighted by atomic mass is 14.3. The lowest BCUT2D eigenvalue weighted by atomic mass is 9.75. The minimum Gasteiger partial charge on any atom is -0.103 e. The van der Waals surface area contributed by atoms with E-state index in [9.17, 15) is 0 Å². The van der Waals surface area contributed by atoms with Crippen LogP contribution in [0.25, 0.3) is 0 Å². The molecule has 0 aliphatic carbocycles. The van der Waals surface area contributed by atoms with Crippen molar-refractivity contribution in [3.8, 4) is 0 Å². The predicted molar refractivity (Wildman–Crippen MR) is 57.3 cm³/mol. The Balaban J connectivity index is 4.33. The van der Waals surface area contributed by atoms with Gasteiger partial charge >= 0.3 is 0 Å². The molecule has 0 N–H and O–H groups in total. The van der Waals surface area contributed by atoms with Gasteiger partial charge in [0.1, 0.15) is 0 Å². The normalized spacial score (nSPS) is 11.2. The Morgan fingerprint density at radius 2 is 1.83 bits per heavy atom. The second-order valence-electron chi connectivity index (χ2n) is 3.83. The molecule has 0 rings (SSSR count). The first-order chi connectivity index (χ1) is 5.60. The Kier molecular flexibility index (Phi) is 4.96. The Hall–Kier alpha value is -0.520. The number of rotatable bonds is 6. The highest BCUT2D eigenvalue weighted by Gasteiger charge is 2.23. The minimum atomic E-state index is 0.438. The van der Waals surface area contributed by atoms with Gasteiger partial charge in [0.15, 0.2) is 0 Å². The fourth-order valence-corrected chi connectivity index (χ4v) is 1.81. The maximum Gasteiger partial charge on any atom is -0.0231 e. The third-order valence-electron chi connectivity index (χ3n) is 2.75. The smallest absolute Gasteiger partial charge is 0.0231 e. The van der Waals surface area contributed by atoms with E-state index >= 15 is 0 Å². The van der Waals surface area contributed by atoms with Crippen LogP contribution in [0.15, 0.2) is 24.8 Å². The topological polar surface area (TPSA) is 0 Å². The minimum absolute atomic E-state index is 0.438. The first kappa shape index (κ1) is 11.5. The van der Waals surface area contributed by atoms with E-state index in [0.717, 1.165) is 12.8 Å². The van der Waals surface area contributed by atoms with Crippen molar-refractivity contribution in [1.82, 2.24) is 0 Å². The zero-order valence-electron chi connectivity index (χ0n) is 8.82. The zero-order chi connectivity index (χ0) is 9.61. The summed E-state index contributed by atoms with van der Waals surface area (Å²) in [6.45, 7) is 14.4. The predicted octanol–water partition coefficient (Wildman–Crippen LogP) is 4.34. The molecule has 0 heterocycles. The van der Waals surface area contributed by atoms with E-state index in [1.54, 1.807) is 0 Å². The Bertz CT molecular complexity index is 149. The van der Waals surface area contributed by atoms with Gasteiger partial charge in [0, 0.05) is 0 Å². The van der Waals surface area contributed by atoms with Gasteiger partial charge in [-0.3, -0.25) is 0 Å². The van der Waals surface area contributed by atoms with Gasteiger partial charge < -0.3 is 0 Å². The molecule has 12 heavy (non-hydrogen) atoms. The van der Waals surface area contributed by atoms with Crippen molar-refractivity contribution in [1.29, 1.82) is 0 Å². The molecule has 0 saturated heterocycles. The number of hydrogen-bond donors (Lipinski definition) is 0. The van der Waals surface area contributed by atoms with Crippen LogP contribution in [-0.2, 0) is 0 Å². The van der Waals surface area contributed by atoms with E-state index in [1.165, 1.54) is 18.4 Å². The summed E-state index contributed by atoms with van der Waals surface area (Å²) < 4.78 is 0. The van der Waals surface area contributed by atoms with Crippen LogP contribution in [0.1, 0.15) is 46.5 Å². The first-order valence-corrected chi connectivity index (χ1v) is 4.85. The van der Waals surface area contributed by atoms with E-state index in [1.807, 2.05) is 6.08 Å². The quantitative estimate of drug-likeness (QED) is 0.515. The van der Waals surface area contributed by atoms with Crippen molar-refractivity contribution in [2.75, 3.05) is 0 Å². The summed E-state index contributed by atoms with van der Waals surface area (Å²) in [5, 5.41) is 0. The van der Waals surface area contributed by atoms with E-state index < -0.39 is 0 Å². The van der Waals surface area contributed by atoms with Crippen molar-refractivity contribution in [2.45, 2.75) is 46.5 Å². The second-order valence-corrected chi connectivity index (χ2v) is 3.83. The summed E-state index contributed by atoms with van der Waals surface area (Å²) >= 11 is 0. The molecule has 0 unspecified atom stereocenters. The van der Waals surface area contributed by atoms with Crippen molar-refractivity contribution in [2.24, 2.45) is 5.41 Å². The van der Waals surface area contributed by atoms with Crippen molar-refractivity contribution in [3.05, 3.63) is 24.8 Å². The Labute approximate surface area is 77.4 Å². The SMILES string of the molecule is C=CCC(CC)(CC)CC(=C)C. The van der Waals surface area contributed by atoms with Crippen LogP contribution in [0.3, 0.4) is 0 Å². The molecule has 0 aliphatic rings. The van der Waals surface area contributed by atoms with Crippen LogP contribution in [0.2, 0.25) is 0 Å². The molecule has 0 nitrogen and oxygen atoms in total. The van der Waals surface area contributed by atoms with Crippen molar-refractivity contribution < 1.29 is 0 Å². The average Bonchev–Trinajstić information content (AvgIpc) is 2.03. The maximum atomic E-state index is 3.98. The van der Waals surface area contributed by atoms with Gasteiger partial charge in [-0.1, -0.05) is 25.5 Å². The molecule has 0 heteroatoms. The standard InChI is InChI=1S/C12H22/c1-6-9-12(7-2,8-3)10-11(4)5/h6H,1,4,7-10H2,2-3,5H3. The molecule has 0 atom stereocenters. The third-order valence-corrected chi connectivity index (χ3v) is 2.75. The van der Waals surface area contributed by atoms with Gasteiger partial charge in [-0.15, -0.1) is 13.2 Å². The molecule has 0 aromatic carbocycles. The summed E-state index contributed by atoms with van der Waals surface area (Å²) in [5.74, 6) is 0. The van der Waals surface area contributed by atoms with Crippen LogP contribution in [0, 0.1) is 5.41 Å². The van der Waals surface area contributed by atoms with E-state index in [-0.39, 0.29) is 0 Å². The maximum absolute atomic E-state index is 3.98. The van der Waals surface area contributed by atoms with Gasteiger partial charge in [-0.05, 0) is 38.0 Å². The van der Waals surface area contributed by atoms with Gasteiger partial charge in [-0.2, -0.15) is 0 Å². The second kappa shape index (κ2) is 5.18. The van der Waals surface area contributed by atoms with Crippen molar-refractivity contribution in [3.63, 3.8) is 0 Å². The van der Waals surface area contributed by atoms with Crippen LogP contribution in [-0.4, -0.2) is 0 Å². The van der Waals surface area contributed by atoms with Gasteiger partial charge in [0.2, 0.25) is 0 Å². The number of allylic oxidation sites excluding steroid dienone is 2. The lowest BCUT2D eigenvalue weighted by Crippen LogP contribution is -2.18. The highest BCUT2D eigenvalue weighted by Crippen LogP contribution is 2.37. The molecule has 0 aliphatic heterocycles. The lowest BCUT2D eigenvalue weighted by molar-refractivity contribution is 0.263. The summed E-state index contributed by atoms with van der Waals surface area (Å²) in [4.78, 5) is 0. The Morgan fingerprint density at radius 3 is 2.08 bits per heavy atom. The van der Waals surface area contributed by atoms with Gasteiger partial charge in [-0.25, -0.2) is 0 Å². The lowest BCUT2D eigenvalue weighted by Gasteiger charge is -2.30. The van der Waals surface area contributed by atoms with Crippen LogP contribution < -0.4 is 0 Å². The summed E-state index contributed by atoms with van der Waals surface area (Å²) in [7, 11) is 0. The molecular weight excluding hydrogens is 144 g/mol. The van der Waals surface area contributed by atoms with E-state index in [2.05, 4.69) is 33.9 Å². The summed E-state index contributed by atoms with van der Waals surface area (Å²) in [5.41, 5.74) is 1.73. The fraction of sp³-hybridized carbons (Fsp3) is 0.667. The third kappa shape index (κ3) is 3.25.